The molecule has 2 aromatic carbocycles. The smallest absolute Gasteiger partial charge is 0.478 e. The maximum atomic E-state index is 10.9. The van der Waals surface area contributed by atoms with Crippen LogP contribution in [0.25, 0.3) is 12.2 Å². The summed E-state index contributed by atoms with van der Waals surface area (Å²) in [5.74, 6) is -0.918. The third-order valence-corrected chi connectivity index (χ3v) is 5.09. The van der Waals surface area contributed by atoms with Crippen molar-refractivity contribution in [2.75, 3.05) is 0 Å². The summed E-state index contributed by atoms with van der Waals surface area (Å²) in [5, 5.41) is 8.93. The largest absolute Gasteiger partial charge is 0.494 e. The Morgan fingerprint density at radius 2 is 1.27 bits per heavy atom. The molecule has 1 fully saturated rings. The van der Waals surface area contributed by atoms with Crippen molar-refractivity contribution >= 4 is 30.7 Å². The van der Waals surface area contributed by atoms with Gasteiger partial charge < -0.3 is 14.4 Å². The Morgan fingerprint density at radius 1 is 0.846 bits per heavy atom. The van der Waals surface area contributed by atoms with Gasteiger partial charge in [-0.3, -0.25) is 0 Å². The number of carboxylic acids is 1. The Bertz CT molecular complexity index is 804. The fraction of sp³-hybridized carbons (Fsp3) is 0.286. The average molecular weight is 350 g/mol. The highest BCUT2D eigenvalue weighted by molar-refractivity contribution is 6.62. The highest BCUT2D eigenvalue weighted by Crippen LogP contribution is 2.36. The van der Waals surface area contributed by atoms with Crippen molar-refractivity contribution in [3.05, 3.63) is 65.2 Å². The molecule has 0 unspecified atom stereocenters. The van der Waals surface area contributed by atoms with Gasteiger partial charge in [-0.1, -0.05) is 48.6 Å². The fourth-order valence-electron chi connectivity index (χ4n) is 2.67. The van der Waals surface area contributed by atoms with Crippen molar-refractivity contribution in [3.8, 4) is 0 Å². The minimum absolute atomic E-state index is 0.286. The van der Waals surface area contributed by atoms with Gasteiger partial charge in [0, 0.05) is 0 Å². The van der Waals surface area contributed by atoms with E-state index < -0.39 is 5.97 Å². The molecule has 0 spiro atoms. The van der Waals surface area contributed by atoms with Gasteiger partial charge in [-0.05, 0) is 56.4 Å². The molecule has 0 aromatic heterocycles. The van der Waals surface area contributed by atoms with Gasteiger partial charge in [0.25, 0.3) is 0 Å². The molecular formula is C21H23BO4. The summed E-state index contributed by atoms with van der Waals surface area (Å²) < 4.78 is 12.1. The molecule has 4 nitrogen and oxygen atoms in total. The average Bonchev–Trinajstić information content (AvgIpc) is 2.81. The summed E-state index contributed by atoms with van der Waals surface area (Å²) in [6.45, 7) is 8.17. The SMILES string of the molecule is CC1(C)OB(c2ccc(C=Cc3ccc(C(=O)O)cc3)cc2)OC1(C)C. The van der Waals surface area contributed by atoms with Crippen LogP contribution in [0.1, 0.15) is 49.2 Å². The molecule has 1 aliphatic rings. The van der Waals surface area contributed by atoms with E-state index in [2.05, 4.69) is 0 Å². The normalized spacial score (nSPS) is 18.4. The van der Waals surface area contributed by atoms with Crippen LogP contribution in [0.4, 0.5) is 0 Å². The van der Waals surface area contributed by atoms with Crippen molar-refractivity contribution in [1.82, 2.24) is 0 Å². The first-order valence-electron chi connectivity index (χ1n) is 8.65. The minimum atomic E-state index is -0.918. The molecule has 0 aliphatic carbocycles. The van der Waals surface area contributed by atoms with Crippen LogP contribution in [0, 0.1) is 0 Å². The van der Waals surface area contributed by atoms with Gasteiger partial charge in [-0.2, -0.15) is 0 Å². The number of hydrogen-bond donors (Lipinski definition) is 1. The van der Waals surface area contributed by atoms with Gasteiger partial charge in [-0.25, -0.2) is 4.79 Å². The summed E-state index contributed by atoms with van der Waals surface area (Å²) >= 11 is 0. The highest BCUT2D eigenvalue weighted by Gasteiger charge is 2.51. The molecule has 26 heavy (non-hydrogen) atoms. The van der Waals surface area contributed by atoms with Crippen molar-refractivity contribution < 1.29 is 19.2 Å². The van der Waals surface area contributed by atoms with E-state index in [1.165, 1.54) is 0 Å². The maximum absolute atomic E-state index is 10.9. The zero-order chi connectivity index (χ0) is 18.9. The van der Waals surface area contributed by atoms with Crippen molar-refractivity contribution in [1.29, 1.82) is 0 Å². The predicted octanol–water partition coefficient (Wildman–Crippen LogP) is 3.85. The highest BCUT2D eigenvalue weighted by atomic mass is 16.7. The van der Waals surface area contributed by atoms with Crippen LogP contribution in [0.2, 0.25) is 0 Å². The number of carbonyl (C=O) groups is 1. The van der Waals surface area contributed by atoms with Crippen LogP contribution < -0.4 is 5.46 Å². The second-order valence-electron chi connectivity index (χ2n) is 7.52. The third kappa shape index (κ3) is 3.74. The van der Waals surface area contributed by atoms with Gasteiger partial charge in [0.05, 0.1) is 16.8 Å². The molecule has 5 heteroatoms. The molecule has 1 N–H and O–H groups in total. The molecule has 3 rings (SSSR count). The summed E-state index contributed by atoms with van der Waals surface area (Å²) in [5.41, 5.74) is 2.58. The molecule has 0 radical (unpaired) electrons. The van der Waals surface area contributed by atoms with Gasteiger partial charge >= 0.3 is 13.1 Å². The predicted molar refractivity (Wildman–Crippen MR) is 104 cm³/mol. The van der Waals surface area contributed by atoms with E-state index in [-0.39, 0.29) is 23.9 Å². The lowest BCUT2D eigenvalue weighted by molar-refractivity contribution is 0.00578. The molecule has 0 saturated carbocycles. The summed E-state index contributed by atoms with van der Waals surface area (Å²) in [7, 11) is -0.360. The first-order chi connectivity index (χ1) is 12.2. The summed E-state index contributed by atoms with van der Waals surface area (Å²) in [4.78, 5) is 10.9. The minimum Gasteiger partial charge on any atom is -0.478 e. The van der Waals surface area contributed by atoms with E-state index in [1.807, 2.05) is 64.1 Å². The lowest BCUT2D eigenvalue weighted by Crippen LogP contribution is -2.41. The number of hydrogen-bond acceptors (Lipinski definition) is 3. The van der Waals surface area contributed by atoms with Gasteiger partial charge in [0.1, 0.15) is 0 Å². The quantitative estimate of drug-likeness (QED) is 0.672. The van der Waals surface area contributed by atoms with Crippen LogP contribution in [0.3, 0.4) is 0 Å². The third-order valence-electron chi connectivity index (χ3n) is 5.09. The van der Waals surface area contributed by atoms with E-state index >= 15 is 0 Å². The Kier molecular flexibility index (Phi) is 4.78. The van der Waals surface area contributed by atoms with Crippen molar-refractivity contribution in [2.45, 2.75) is 38.9 Å². The Hall–Kier alpha value is -2.37. The van der Waals surface area contributed by atoms with Crippen molar-refractivity contribution in [3.63, 3.8) is 0 Å². The summed E-state index contributed by atoms with van der Waals surface area (Å²) in [6, 6.07) is 14.8. The molecule has 0 amide bonds. The van der Waals surface area contributed by atoms with E-state index in [9.17, 15) is 4.79 Å². The Labute approximate surface area is 154 Å². The first-order valence-corrected chi connectivity index (χ1v) is 8.65. The standard InChI is InChI=1S/C21H23BO4/c1-20(2)21(3,4)26-22(25-20)18-13-9-16(10-14-18)6-5-15-7-11-17(12-8-15)19(23)24/h5-14H,1-4H3,(H,23,24). The van der Waals surface area contributed by atoms with E-state index in [0.717, 1.165) is 16.6 Å². The molecule has 1 heterocycles. The van der Waals surface area contributed by atoms with Crippen LogP contribution >= 0.6 is 0 Å². The van der Waals surface area contributed by atoms with E-state index in [0.29, 0.717) is 0 Å². The monoisotopic (exact) mass is 350 g/mol. The number of aromatic carboxylic acids is 1. The number of benzene rings is 2. The number of carboxylic acid groups (broad SMARTS) is 1. The summed E-state index contributed by atoms with van der Waals surface area (Å²) in [6.07, 6.45) is 3.94. The van der Waals surface area contributed by atoms with Crippen molar-refractivity contribution in [2.24, 2.45) is 0 Å². The second kappa shape index (κ2) is 6.74. The Morgan fingerprint density at radius 3 is 1.69 bits per heavy atom. The van der Waals surface area contributed by atoms with Gasteiger partial charge in [0.2, 0.25) is 0 Å². The van der Waals surface area contributed by atoms with Crippen LogP contribution in [-0.2, 0) is 9.31 Å². The topological polar surface area (TPSA) is 55.8 Å². The fourth-order valence-corrected chi connectivity index (χ4v) is 2.67. The van der Waals surface area contributed by atoms with Crippen LogP contribution in [0.5, 0.6) is 0 Å². The molecule has 0 bridgehead atoms. The molecule has 1 saturated heterocycles. The molecule has 0 atom stereocenters. The van der Waals surface area contributed by atoms with Gasteiger partial charge in [-0.15, -0.1) is 0 Å². The van der Waals surface area contributed by atoms with Crippen LogP contribution in [-0.4, -0.2) is 29.4 Å². The van der Waals surface area contributed by atoms with Crippen LogP contribution in [0.15, 0.2) is 48.5 Å². The zero-order valence-electron chi connectivity index (χ0n) is 15.5. The lowest BCUT2D eigenvalue weighted by Gasteiger charge is -2.32. The number of rotatable bonds is 4. The second-order valence-corrected chi connectivity index (χ2v) is 7.52. The van der Waals surface area contributed by atoms with E-state index in [4.69, 9.17) is 14.4 Å². The molecule has 1 aliphatic heterocycles. The lowest BCUT2D eigenvalue weighted by atomic mass is 9.79. The first kappa shape index (κ1) is 18.4. The van der Waals surface area contributed by atoms with E-state index in [1.54, 1.807) is 24.3 Å². The molecule has 2 aromatic rings. The molecule has 134 valence electrons. The zero-order valence-corrected chi connectivity index (χ0v) is 15.5. The maximum Gasteiger partial charge on any atom is 0.494 e. The van der Waals surface area contributed by atoms with Gasteiger partial charge in [0.15, 0.2) is 0 Å². The Balaban J connectivity index is 1.69. The molecular weight excluding hydrogens is 327 g/mol.